The van der Waals surface area contributed by atoms with Crippen molar-refractivity contribution in [2.45, 2.75) is 13.0 Å². The first-order valence-corrected chi connectivity index (χ1v) is 6.07. The minimum absolute atomic E-state index is 0. The third kappa shape index (κ3) is 3.36. The second kappa shape index (κ2) is 6.95. The van der Waals surface area contributed by atoms with Crippen LogP contribution in [0, 0.1) is 6.92 Å². The van der Waals surface area contributed by atoms with Gasteiger partial charge in [-0.3, -0.25) is 4.90 Å². The average Bonchev–Trinajstić information content (AvgIpc) is 2.36. The summed E-state index contributed by atoms with van der Waals surface area (Å²) < 4.78 is 0. The standard InChI is InChI=1S/C13H20N2O2.ClH/c1-10-8-11(2-3-13(10)17)12(9-16)15-6-4-14-5-7-15;/h2-3,8,12,14,16-17H,4-7,9H2,1H3;1H/t12-;/m1./s1. The van der Waals surface area contributed by atoms with E-state index in [2.05, 4.69) is 10.2 Å². The Kier molecular flexibility index (Phi) is 5.88. The summed E-state index contributed by atoms with van der Waals surface area (Å²) >= 11 is 0. The fraction of sp³-hybridized carbons (Fsp3) is 0.538. The molecule has 0 amide bonds. The molecule has 5 heteroatoms. The predicted octanol–water partition coefficient (Wildman–Crippen LogP) is 1.06. The maximum Gasteiger partial charge on any atom is 0.118 e. The highest BCUT2D eigenvalue weighted by molar-refractivity contribution is 5.85. The molecular formula is C13H21ClN2O2. The first-order chi connectivity index (χ1) is 8.22. The van der Waals surface area contributed by atoms with E-state index in [0.29, 0.717) is 5.75 Å². The molecule has 0 aliphatic carbocycles. The van der Waals surface area contributed by atoms with Crippen molar-refractivity contribution in [2.75, 3.05) is 32.8 Å². The van der Waals surface area contributed by atoms with Crippen LogP contribution in [-0.2, 0) is 0 Å². The van der Waals surface area contributed by atoms with E-state index in [1.807, 2.05) is 19.1 Å². The molecule has 1 fully saturated rings. The van der Waals surface area contributed by atoms with Gasteiger partial charge in [0.05, 0.1) is 12.6 Å². The quantitative estimate of drug-likeness (QED) is 0.770. The number of piperazine rings is 1. The summed E-state index contributed by atoms with van der Waals surface area (Å²) in [5, 5.41) is 22.4. The number of aryl methyl sites for hydroxylation is 1. The number of phenolic OH excluding ortho intramolecular Hbond substituents is 1. The van der Waals surface area contributed by atoms with Crippen molar-refractivity contribution < 1.29 is 10.2 Å². The summed E-state index contributed by atoms with van der Waals surface area (Å²) in [5.74, 6) is 0.311. The molecule has 1 aromatic carbocycles. The van der Waals surface area contributed by atoms with Crippen molar-refractivity contribution in [2.24, 2.45) is 0 Å². The van der Waals surface area contributed by atoms with E-state index in [1.165, 1.54) is 0 Å². The molecule has 1 saturated heterocycles. The number of aromatic hydroxyl groups is 1. The first kappa shape index (κ1) is 15.2. The Labute approximate surface area is 114 Å². The number of nitrogens with zero attached hydrogens (tertiary/aromatic N) is 1. The maximum atomic E-state index is 9.57. The summed E-state index contributed by atoms with van der Waals surface area (Å²) in [6, 6.07) is 5.59. The molecule has 4 nitrogen and oxygen atoms in total. The Morgan fingerprint density at radius 1 is 1.33 bits per heavy atom. The molecular weight excluding hydrogens is 252 g/mol. The molecule has 0 saturated carbocycles. The number of aliphatic hydroxyl groups is 1. The van der Waals surface area contributed by atoms with Crippen molar-refractivity contribution in [3.63, 3.8) is 0 Å². The Morgan fingerprint density at radius 2 is 2.00 bits per heavy atom. The molecule has 2 rings (SSSR count). The normalized spacial score (nSPS) is 18.1. The van der Waals surface area contributed by atoms with E-state index in [0.717, 1.165) is 37.3 Å². The van der Waals surface area contributed by atoms with E-state index in [4.69, 9.17) is 0 Å². The van der Waals surface area contributed by atoms with Crippen LogP contribution in [0.4, 0.5) is 0 Å². The van der Waals surface area contributed by atoms with Crippen LogP contribution in [0.3, 0.4) is 0 Å². The largest absolute Gasteiger partial charge is 0.508 e. The molecule has 1 aliphatic rings. The number of hydrogen-bond acceptors (Lipinski definition) is 4. The highest BCUT2D eigenvalue weighted by Gasteiger charge is 2.21. The van der Waals surface area contributed by atoms with Gasteiger partial charge in [-0.05, 0) is 24.1 Å². The molecule has 1 heterocycles. The molecule has 1 aromatic rings. The zero-order valence-electron chi connectivity index (χ0n) is 10.6. The van der Waals surface area contributed by atoms with E-state index >= 15 is 0 Å². The number of nitrogens with one attached hydrogen (secondary N) is 1. The number of hydrogen-bond donors (Lipinski definition) is 3. The second-order valence-electron chi connectivity index (χ2n) is 4.53. The Bertz CT molecular complexity index is 381. The van der Waals surface area contributed by atoms with Crippen molar-refractivity contribution in [1.29, 1.82) is 0 Å². The molecule has 0 bridgehead atoms. The van der Waals surface area contributed by atoms with Crippen LogP contribution in [0.2, 0.25) is 0 Å². The van der Waals surface area contributed by atoms with Gasteiger partial charge in [0.15, 0.2) is 0 Å². The molecule has 0 radical (unpaired) electrons. The molecule has 18 heavy (non-hydrogen) atoms. The predicted molar refractivity (Wildman–Crippen MR) is 74.4 cm³/mol. The number of halogens is 1. The molecule has 0 spiro atoms. The fourth-order valence-corrected chi connectivity index (χ4v) is 2.31. The highest BCUT2D eigenvalue weighted by atomic mass is 35.5. The molecule has 102 valence electrons. The molecule has 0 unspecified atom stereocenters. The Morgan fingerprint density at radius 3 is 2.56 bits per heavy atom. The lowest BCUT2D eigenvalue weighted by molar-refractivity contribution is 0.111. The second-order valence-corrected chi connectivity index (χ2v) is 4.53. The van der Waals surface area contributed by atoms with Crippen molar-refractivity contribution >= 4 is 12.4 Å². The molecule has 3 N–H and O–H groups in total. The number of aliphatic hydroxyl groups excluding tert-OH is 1. The first-order valence-electron chi connectivity index (χ1n) is 6.07. The van der Waals surface area contributed by atoms with Crippen LogP contribution in [0.15, 0.2) is 18.2 Å². The fourth-order valence-electron chi connectivity index (χ4n) is 2.31. The Hall–Kier alpha value is -0.810. The number of rotatable bonds is 3. The topological polar surface area (TPSA) is 55.7 Å². The van der Waals surface area contributed by atoms with Crippen molar-refractivity contribution in [3.05, 3.63) is 29.3 Å². The van der Waals surface area contributed by atoms with Gasteiger partial charge in [-0.25, -0.2) is 0 Å². The van der Waals surface area contributed by atoms with Gasteiger partial charge >= 0.3 is 0 Å². The summed E-state index contributed by atoms with van der Waals surface area (Å²) in [5.41, 5.74) is 1.93. The van der Waals surface area contributed by atoms with Crippen molar-refractivity contribution in [3.8, 4) is 5.75 Å². The van der Waals surface area contributed by atoms with Gasteiger partial charge in [0.2, 0.25) is 0 Å². The monoisotopic (exact) mass is 272 g/mol. The van der Waals surface area contributed by atoms with Crippen LogP contribution in [0.1, 0.15) is 17.2 Å². The van der Waals surface area contributed by atoms with Gasteiger partial charge in [0.1, 0.15) is 5.75 Å². The average molecular weight is 273 g/mol. The van der Waals surface area contributed by atoms with Crippen LogP contribution in [0.5, 0.6) is 5.75 Å². The van der Waals surface area contributed by atoms with Crippen LogP contribution in [-0.4, -0.2) is 47.9 Å². The van der Waals surface area contributed by atoms with Gasteiger partial charge in [0.25, 0.3) is 0 Å². The number of benzene rings is 1. The highest BCUT2D eigenvalue weighted by Crippen LogP contribution is 2.25. The zero-order chi connectivity index (χ0) is 12.3. The van der Waals surface area contributed by atoms with Gasteiger partial charge in [0, 0.05) is 26.2 Å². The lowest BCUT2D eigenvalue weighted by Crippen LogP contribution is -2.46. The van der Waals surface area contributed by atoms with Gasteiger partial charge < -0.3 is 15.5 Å². The minimum atomic E-state index is 0. The van der Waals surface area contributed by atoms with E-state index in [-0.39, 0.29) is 25.1 Å². The summed E-state index contributed by atoms with van der Waals surface area (Å²) in [6.07, 6.45) is 0. The molecule has 0 aromatic heterocycles. The van der Waals surface area contributed by atoms with Crippen LogP contribution >= 0.6 is 12.4 Å². The van der Waals surface area contributed by atoms with Gasteiger partial charge in [-0.2, -0.15) is 0 Å². The SMILES string of the molecule is Cc1cc([C@@H](CO)N2CCNCC2)ccc1O.Cl. The number of phenols is 1. The maximum absolute atomic E-state index is 9.57. The van der Waals surface area contributed by atoms with E-state index in [1.54, 1.807) is 6.07 Å². The summed E-state index contributed by atoms with van der Waals surface area (Å²) in [7, 11) is 0. The van der Waals surface area contributed by atoms with Crippen LogP contribution < -0.4 is 5.32 Å². The summed E-state index contributed by atoms with van der Waals surface area (Å²) in [4.78, 5) is 2.28. The summed E-state index contributed by atoms with van der Waals surface area (Å²) in [6.45, 7) is 5.83. The lowest BCUT2D eigenvalue weighted by atomic mass is 10.0. The minimum Gasteiger partial charge on any atom is -0.508 e. The smallest absolute Gasteiger partial charge is 0.118 e. The third-order valence-electron chi connectivity index (χ3n) is 3.37. The Balaban J connectivity index is 0.00000162. The van der Waals surface area contributed by atoms with Crippen LogP contribution in [0.25, 0.3) is 0 Å². The van der Waals surface area contributed by atoms with E-state index < -0.39 is 0 Å². The zero-order valence-corrected chi connectivity index (χ0v) is 11.4. The third-order valence-corrected chi connectivity index (χ3v) is 3.37. The van der Waals surface area contributed by atoms with Gasteiger partial charge in [-0.1, -0.05) is 12.1 Å². The molecule has 1 atom stereocenters. The van der Waals surface area contributed by atoms with Crippen molar-refractivity contribution in [1.82, 2.24) is 10.2 Å². The van der Waals surface area contributed by atoms with Gasteiger partial charge in [-0.15, -0.1) is 12.4 Å². The lowest BCUT2D eigenvalue weighted by Gasteiger charge is -2.34. The molecule has 1 aliphatic heterocycles. The van der Waals surface area contributed by atoms with E-state index in [9.17, 15) is 10.2 Å².